The maximum atomic E-state index is 12.6. The number of sulfonamides is 1. The van der Waals surface area contributed by atoms with E-state index in [0.29, 0.717) is 25.9 Å². The van der Waals surface area contributed by atoms with Gasteiger partial charge in [0.15, 0.2) is 0 Å². The second-order valence-corrected chi connectivity index (χ2v) is 8.18. The normalized spacial score (nSPS) is 18.5. The Morgan fingerprint density at radius 3 is 2.39 bits per heavy atom. The highest BCUT2D eigenvalue weighted by atomic mass is 32.2. The second-order valence-electron chi connectivity index (χ2n) is 6.20. The number of carbonyl (C=O) groups is 1. The highest BCUT2D eigenvalue weighted by Crippen LogP contribution is 2.22. The zero-order chi connectivity index (χ0) is 16.9. The van der Waals surface area contributed by atoms with Gasteiger partial charge in [0.25, 0.3) is 0 Å². The SMILES string of the molecule is CCCC(C(=O)NC1CCN(S(C)(=O)=O)CC1)c1ccccc1. The number of hydrogen-bond acceptors (Lipinski definition) is 3. The van der Waals surface area contributed by atoms with Crippen LogP contribution in [0.3, 0.4) is 0 Å². The van der Waals surface area contributed by atoms with Crippen molar-refractivity contribution in [3.05, 3.63) is 35.9 Å². The van der Waals surface area contributed by atoms with Crippen molar-refractivity contribution in [2.45, 2.75) is 44.6 Å². The number of hydrogen-bond donors (Lipinski definition) is 1. The maximum Gasteiger partial charge on any atom is 0.227 e. The van der Waals surface area contributed by atoms with Gasteiger partial charge in [-0.2, -0.15) is 0 Å². The summed E-state index contributed by atoms with van der Waals surface area (Å²) < 4.78 is 24.5. The van der Waals surface area contributed by atoms with E-state index >= 15 is 0 Å². The Morgan fingerprint density at radius 1 is 1.26 bits per heavy atom. The first-order chi connectivity index (χ1) is 10.9. The molecule has 0 spiro atoms. The van der Waals surface area contributed by atoms with E-state index in [9.17, 15) is 13.2 Å². The summed E-state index contributed by atoms with van der Waals surface area (Å²) in [4.78, 5) is 12.6. The Morgan fingerprint density at radius 2 is 1.87 bits per heavy atom. The third-order valence-corrected chi connectivity index (χ3v) is 5.67. The largest absolute Gasteiger partial charge is 0.353 e. The van der Waals surface area contributed by atoms with Crippen LogP contribution in [-0.2, 0) is 14.8 Å². The van der Waals surface area contributed by atoms with Gasteiger partial charge in [-0.25, -0.2) is 12.7 Å². The molecule has 0 aromatic heterocycles. The molecule has 1 aliphatic rings. The monoisotopic (exact) mass is 338 g/mol. The molecule has 1 amide bonds. The van der Waals surface area contributed by atoms with Gasteiger partial charge in [0.05, 0.1) is 12.2 Å². The summed E-state index contributed by atoms with van der Waals surface area (Å²) in [5.41, 5.74) is 1.04. The molecular formula is C17H26N2O3S. The standard InChI is InChI=1S/C17H26N2O3S/c1-3-7-16(14-8-5-4-6-9-14)17(20)18-15-10-12-19(13-11-15)23(2,21)22/h4-6,8-9,15-16H,3,7,10-13H2,1-2H3,(H,18,20). The Kier molecular flexibility index (Phi) is 6.18. The van der Waals surface area contributed by atoms with Gasteiger partial charge in [0, 0.05) is 19.1 Å². The first-order valence-corrected chi connectivity index (χ1v) is 10.1. The third kappa shape index (κ3) is 5.04. The van der Waals surface area contributed by atoms with Gasteiger partial charge in [-0.1, -0.05) is 43.7 Å². The molecule has 1 fully saturated rings. The van der Waals surface area contributed by atoms with Crippen LogP contribution >= 0.6 is 0 Å². The summed E-state index contributed by atoms with van der Waals surface area (Å²) in [5.74, 6) is -0.0787. The molecule has 23 heavy (non-hydrogen) atoms. The van der Waals surface area contributed by atoms with Crippen LogP contribution in [0.25, 0.3) is 0 Å². The molecule has 0 saturated carbocycles. The molecule has 1 heterocycles. The zero-order valence-electron chi connectivity index (χ0n) is 13.9. The fourth-order valence-corrected chi connectivity index (χ4v) is 3.93. The molecule has 6 heteroatoms. The van der Waals surface area contributed by atoms with E-state index in [1.165, 1.54) is 10.6 Å². The smallest absolute Gasteiger partial charge is 0.227 e. The minimum atomic E-state index is -3.13. The van der Waals surface area contributed by atoms with Crippen LogP contribution in [0.5, 0.6) is 0 Å². The number of carbonyl (C=O) groups excluding carboxylic acids is 1. The van der Waals surface area contributed by atoms with E-state index in [4.69, 9.17) is 0 Å². The molecule has 128 valence electrons. The molecule has 0 aliphatic carbocycles. The summed E-state index contributed by atoms with van der Waals surface area (Å²) in [7, 11) is -3.13. The quantitative estimate of drug-likeness (QED) is 0.864. The fourth-order valence-electron chi connectivity index (χ4n) is 3.06. The van der Waals surface area contributed by atoms with Crippen molar-refractivity contribution in [3.8, 4) is 0 Å². The van der Waals surface area contributed by atoms with Crippen molar-refractivity contribution in [3.63, 3.8) is 0 Å². The lowest BCUT2D eigenvalue weighted by Gasteiger charge is -2.31. The third-order valence-electron chi connectivity index (χ3n) is 4.37. The van der Waals surface area contributed by atoms with Gasteiger partial charge in [0.1, 0.15) is 0 Å². The first-order valence-electron chi connectivity index (χ1n) is 8.22. The Hall–Kier alpha value is -1.40. The Bertz CT molecular complexity index is 608. The van der Waals surface area contributed by atoms with Crippen molar-refractivity contribution in [2.24, 2.45) is 0 Å². The van der Waals surface area contributed by atoms with E-state index in [-0.39, 0.29) is 17.9 Å². The Labute approximate surface area is 139 Å². The molecule has 0 radical (unpaired) electrons. The summed E-state index contributed by atoms with van der Waals surface area (Å²) in [5, 5.41) is 3.11. The van der Waals surface area contributed by atoms with Gasteiger partial charge >= 0.3 is 0 Å². The molecule has 5 nitrogen and oxygen atoms in total. The van der Waals surface area contributed by atoms with Crippen LogP contribution in [0.4, 0.5) is 0 Å². The predicted octanol–water partition coefficient (Wildman–Crippen LogP) is 2.11. The Balaban J connectivity index is 1.95. The molecule has 1 saturated heterocycles. The topological polar surface area (TPSA) is 66.5 Å². The summed E-state index contributed by atoms with van der Waals surface area (Å²) in [6, 6.07) is 9.90. The van der Waals surface area contributed by atoms with Crippen LogP contribution in [0, 0.1) is 0 Å². The van der Waals surface area contributed by atoms with Crippen molar-refractivity contribution in [2.75, 3.05) is 19.3 Å². The van der Waals surface area contributed by atoms with Gasteiger partial charge in [-0.15, -0.1) is 0 Å². The number of piperidine rings is 1. The van der Waals surface area contributed by atoms with Crippen LogP contribution in [0.15, 0.2) is 30.3 Å². The zero-order valence-corrected chi connectivity index (χ0v) is 14.7. The minimum absolute atomic E-state index is 0.0517. The number of amides is 1. The molecule has 1 atom stereocenters. The van der Waals surface area contributed by atoms with Gasteiger partial charge < -0.3 is 5.32 Å². The number of nitrogens with one attached hydrogen (secondary N) is 1. The highest BCUT2D eigenvalue weighted by molar-refractivity contribution is 7.88. The molecule has 1 unspecified atom stereocenters. The van der Waals surface area contributed by atoms with E-state index in [0.717, 1.165) is 18.4 Å². The van der Waals surface area contributed by atoms with Crippen molar-refractivity contribution in [1.82, 2.24) is 9.62 Å². The fraction of sp³-hybridized carbons (Fsp3) is 0.588. The first kappa shape index (κ1) is 17.9. The molecular weight excluding hydrogens is 312 g/mol. The van der Waals surface area contributed by atoms with E-state index in [1.54, 1.807) is 0 Å². The molecule has 1 aromatic rings. The average molecular weight is 338 g/mol. The summed E-state index contributed by atoms with van der Waals surface area (Å²) >= 11 is 0. The average Bonchev–Trinajstić information content (AvgIpc) is 2.53. The van der Waals surface area contributed by atoms with Gasteiger partial charge in [0.2, 0.25) is 15.9 Å². The van der Waals surface area contributed by atoms with Crippen LogP contribution < -0.4 is 5.32 Å². The molecule has 1 aromatic carbocycles. The van der Waals surface area contributed by atoms with Crippen LogP contribution in [0.1, 0.15) is 44.1 Å². The lowest BCUT2D eigenvalue weighted by Crippen LogP contribution is -2.47. The second kappa shape index (κ2) is 7.93. The highest BCUT2D eigenvalue weighted by Gasteiger charge is 2.28. The predicted molar refractivity (Wildman–Crippen MR) is 91.7 cm³/mol. The lowest BCUT2D eigenvalue weighted by molar-refractivity contribution is -0.123. The van der Waals surface area contributed by atoms with Crippen LogP contribution in [0.2, 0.25) is 0 Å². The maximum absolute atomic E-state index is 12.6. The molecule has 2 rings (SSSR count). The number of rotatable bonds is 6. The van der Waals surface area contributed by atoms with E-state index in [1.807, 2.05) is 30.3 Å². The minimum Gasteiger partial charge on any atom is -0.353 e. The van der Waals surface area contributed by atoms with Crippen molar-refractivity contribution in [1.29, 1.82) is 0 Å². The van der Waals surface area contributed by atoms with Gasteiger partial charge in [-0.3, -0.25) is 4.79 Å². The van der Waals surface area contributed by atoms with Crippen molar-refractivity contribution < 1.29 is 13.2 Å². The van der Waals surface area contributed by atoms with Crippen LogP contribution in [-0.4, -0.2) is 44.0 Å². The summed E-state index contributed by atoms with van der Waals surface area (Å²) in [6.45, 7) is 3.04. The lowest BCUT2D eigenvalue weighted by atomic mass is 9.93. The summed E-state index contributed by atoms with van der Waals surface area (Å²) in [6.07, 6.45) is 4.34. The number of nitrogens with zero attached hydrogens (tertiary/aromatic N) is 1. The van der Waals surface area contributed by atoms with E-state index < -0.39 is 10.0 Å². The molecule has 1 aliphatic heterocycles. The molecule has 1 N–H and O–H groups in total. The van der Waals surface area contributed by atoms with E-state index in [2.05, 4.69) is 12.2 Å². The number of benzene rings is 1. The van der Waals surface area contributed by atoms with Gasteiger partial charge in [-0.05, 0) is 24.8 Å². The van der Waals surface area contributed by atoms with Crippen molar-refractivity contribution >= 4 is 15.9 Å². The molecule has 0 bridgehead atoms.